The average Bonchev–Trinajstić information content (AvgIpc) is 2.94. The van der Waals surface area contributed by atoms with E-state index < -0.39 is 0 Å². The Morgan fingerprint density at radius 1 is 1.50 bits per heavy atom. The average molecular weight is 222 g/mol. The summed E-state index contributed by atoms with van der Waals surface area (Å²) in [5, 5.41) is 11.7. The molecule has 1 fully saturated rings. The maximum Gasteiger partial charge on any atom is 0.137 e. The fourth-order valence-corrected chi connectivity index (χ4v) is 2.52. The molecule has 0 bridgehead atoms. The summed E-state index contributed by atoms with van der Waals surface area (Å²) in [5.74, 6) is 1.59. The molecule has 1 aliphatic rings. The maximum absolute atomic E-state index is 4.29. The van der Waals surface area contributed by atoms with Crippen molar-refractivity contribution in [2.45, 2.75) is 51.5 Å². The molecule has 0 radical (unpaired) electrons. The lowest BCUT2D eigenvalue weighted by Gasteiger charge is -2.17. The first-order valence-electron chi connectivity index (χ1n) is 6.43. The van der Waals surface area contributed by atoms with Crippen molar-refractivity contribution in [2.24, 2.45) is 0 Å². The molecule has 0 saturated heterocycles. The third-order valence-electron chi connectivity index (χ3n) is 3.46. The molecule has 0 aliphatic heterocycles. The predicted octanol–water partition coefficient (Wildman–Crippen LogP) is 2.11. The number of nitrogens with zero attached hydrogens (tertiary/aromatic N) is 3. The van der Waals surface area contributed by atoms with Crippen LogP contribution in [0.3, 0.4) is 0 Å². The number of nitrogens with one attached hydrogen (secondary N) is 1. The van der Waals surface area contributed by atoms with E-state index in [0.29, 0.717) is 12.0 Å². The van der Waals surface area contributed by atoms with Gasteiger partial charge in [-0.1, -0.05) is 26.7 Å². The second kappa shape index (κ2) is 5.43. The normalized spacial score (nSPS) is 19.1. The van der Waals surface area contributed by atoms with Crippen LogP contribution in [0.4, 0.5) is 0 Å². The van der Waals surface area contributed by atoms with Crippen LogP contribution in [0, 0.1) is 0 Å². The summed E-state index contributed by atoms with van der Waals surface area (Å²) in [7, 11) is 0. The molecule has 16 heavy (non-hydrogen) atoms. The number of hydrogen-bond acceptors (Lipinski definition) is 3. The minimum Gasteiger partial charge on any atom is -0.316 e. The van der Waals surface area contributed by atoms with Gasteiger partial charge in [-0.2, -0.15) is 0 Å². The summed E-state index contributed by atoms with van der Waals surface area (Å²) in [6.07, 6.45) is 7.19. The van der Waals surface area contributed by atoms with E-state index in [0.717, 1.165) is 18.9 Å². The van der Waals surface area contributed by atoms with E-state index in [1.54, 1.807) is 0 Å². The van der Waals surface area contributed by atoms with E-state index in [1.165, 1.54) is 25.7 Å². The van der Waals surface area contributed by atoms with Gasteiger partial charge in [0.2, 0.25) is 0 Å². The van der Waals surface area contributed by atoms with Crippen molar-refractivity contribution in [3.8, 4) is 0 Å². The van der Waals surface area contributed by atoms with Gasteiger partial charge in [0.05, 0.1) is 0 Å². The van der Waals surface area contributed by atoms with Gasteiger partial charge in [-0.15, -0.1) is 10.2 Å². The number of likely N-dealkylation sites (N-methyl/N-ethyl adjacent to an activating group) is 1. The Morgan fingerprint density at radius 2 is 2.25 bits per heavy atom. The highest BCUT2D eigenvalue weighted by Crippen LogP contribution is 2.31. The lowest BCUT2D eigenvalue weighted by molar-refractivity contribution is 0.472. The Labute approximate surface area is 97.5 Å². The Bertz CT molecular complexity index is 315. The van der Waals surface area contributed by atoms with Crippen LogP contribution in [-0.2, 0) is 0 Å². The summed E-state index contributed by atoms with van der Waals surface area (Å²) in [6.45, 7) is 6.36. The fourth-order valence-electron chi connectivity index (χ4n) is 2.52. The first-order chi connectivity index (χ1) is 7.83. The molecule has 1 saturated carbocycles. The summed E-state index contributed by atoms with van der Waals surface area (Å²) >= 11 is 0. The van der Waals surface area contributed by atoms with Crippen molar-refractivity contribution < 1.29 is 0 Å². The van der Waals surface area contributed by atoms with Gasteiger partial charge in [0, 0.05) is 18.5 Å². The Morgan fingerprint density at radius 3 is 2.94 bits per heavy atom. The van der Waals surface area contributed by atoms with E-state index >= 15 is 0 Å². The van der Waals surface area contributed by atoms with Gasteiger partial charge in [-0.3, -0.25) is 0 Å². The Balaban J connectivity index is 2.05. The molecule has 1 unspecified atom stereocenters. The van der Waals surface area contributed by atoms with Crippen LogP contribution >= 0.6 is 0 Å². The fraction of sp³-hybridized carbons (Fsp3) is 0.833. The summed E-state index contributed by atoms with van der Waals surface area (Å²) in [6, 6.07) is 0.647. The van der Waals surface area contributed by atoms with Crippen molar-refractivity contribution in [1.82, 2.24) is 20.1 Å². The SMILES string of the molecule is CCNCC(C)c1nncn1C1CCCC1. The lowest BCUT2D eigenvalue weighted by atomic mass is 10.1. The molecule has 1 aliphatic carbocycles. The molecular formula is C12H22N4. The van der Waals surface area contributed by atoms with Gasteiger partial charge in [-0.25, -0.2) is 0 Å². The van der Waals surface area contributed by atoms with E-state index in [2.05, 4.69) is 33.9 Å². The number of aromatic nitrogens is 3. The molecule has 90 valence electrons. The first-order valence-corrected chi connectivity index (χ1v) is 6.43. The van der Waals surface area contributed by atoms with Crippen LogP contribution < -0.4 is 5.32 Å². The van der Waals surface area contributed by atoms with Crippen molar-refractivity contribution in [2.75, 3.05) is 13.1 Å². The molecular weight excluding hydrogens is 200 g/mol. The maximum atomic E-state index is 4.29. The lowest BCUT2D eigenvalue weighted by Crippen LogP contribution is -2.22. The molecule has 0 aromatic carbocycles. The first kappa shape index (κ1) is 11.6. The number of rotatable bonds is 5. The molecule has 2 rings (SSSR count). The molecule has 4 nitrogen and oxygen atoms in total. The number of hydrogen-bond donors (Lipinski definition) is 1. The van der Waals surface area contributed by atoms with Crippen LogP contribution in [0.25, 0.3) is 0 Å². The highest BCUT2D eigenvalue weighted by atomic mass is 15.3. The van der Waals surface area contributed by atoms with Crippen LogP contribution in [0.2, 0.25) is 0 Å². The molecule has 4 heteroatoms. The van der Waals surface area contributed by atoms with Crippen LogP contribution in [-0.4, -0.2) is 27.9 Å². The molecule has 1 N–H and O–H groups in total. The van der Waals surface area contributed by atoms with Gasteiger partial charge < -0.3 is 9.88 Å². The zero-order valence-electron chi connectivity index (χ0n) is 10.3. The smallest absolute Gasteiger partial charge is 0.137 e. The topological polar surface area (TPSA) is 42.7 Å². The molecule has 1 aromatic heterocycles. The summed E-state index contributed by atoms with van der Waals surface area (Å²) < 4.78 is 2.30. The highest BCUT2D eigenvalue weighted by Gasteiger charge is 2.22. The second-order valence-electron chi connectivity index (χ2n) is 4.74. The highest BCUT2D eigenvalue weighted by molar-refractivity contribution is 4.98. The van der Waals surface area contributed by atoms with E-state index in [-0.39, 0.29) is 0 Å². The zero-order valence-corrected chi connectivity index (χ0v) is 10.3. The molecule has 0 spiro atoms. The van der Waals surface area contributed by atoms with Crippen molar-refractivity contribution >= 4 is 0 Å². The standard InChI is InChI=1S/C12H22N4/c1-3-13-8-10(2)12-15-14-9-16(12)11-6-4-5-7-11/h9-11,13H,3-8H2,1-2H3. The van der Waals surface area contributed by atoms with E-state index in [4.69, 9.17) is 0 Å². The molecule has 1 heterocycles. The van der Waals surface area contributed by atoms with Crippen LogP contribution in [0.1, 0.15) is 57.3 Å². The van der Waals surface area contributed by atoms with Crippen molar-refractivity contribution in [3.63, 3.8) is 0 Å². The molecule has 0 amide bonds. The van der Waals surface area contributed by atoms with Gasteiger partial charge in [0.25, 0.3) is 0 Å². The van der Waals surface area contributed by atoms with E-state index in [1.807, 2.05) is 6.33 Å². The van der Waals surface area contributed by atoms with Crippen molar-refractivity contribution in [1.29, 1.82) is 0 Å². The third kappa shape index (κ3) is 2.43. The van der Waals surface area contributed by atoms with Gasteiger partial charge in [0.15, 0.2) is 0 Å². The summed E-state index contributed by atoms with van der Waals surface area (Å²) in [5.41, 5.74) is 0. The van der Waals surface area contributed by atoms with E-state index in [9.17, 15) is 0 Å². The molecule has 1 aromatic rings. The van der Waals surface area contributed by atoms with Gasteiger partial charge >= 0.3 is 0 Å². The predicted molar refractivity (Wildman–Crippen MR) is 64.5 cm³/mol. The Hall–Kier alpha value is -0.900. The minimum atomic E-state index is 0.447. The second-order valence-corrected chi connectivity index (χ2v) is 4.74. The summed E-state index contributed by atoms with van der Waals surface area (Å²) in [4.78, 5) is 0. The monoisotopic (exact) mass is 222 g/mol. The third-order valence-corrected chi connectivity index (χ3v) is 3.46. The quantitative estimate of drug-likeness (QED) is 0.829. The Kier molecular flexibility index (Phi) is 3.93. The largest absolute Gasteiger partial charge is 0.316 e. The minimum absolute atomic E-state index is 0.447. The van der Waals surface area contributed by atoms with Gasteiger partial charge in [0.1, 0.15) is 12.2 Å². The zero-order chi connectivity index (χ0) is 11.4. The van der Waals surface area contributed by atoms with Crippen LogP contribution in [0.5, 0.6) is 0 Å². The van der Waals surface area contributed by atoms with Crippen molar-refractivity contribution in [3.05, 3.63) is 12.2 Å². The van der Waals surface area contributed by atoms with Crippen LogP contribution in [0.15, 0.2) is 6.33 Å². The molecule has 1 atom stereocenters. The van der Waals surface area contributed by atoms with Gasteiger partial charge in [-0.05, 0) is 19.4 Å².